The number of halogens is 8. The molecule has 3 fully saturated rings. The fraction of sp³-hybridized carbons (Fsp3) is 0.933. The van der Waals surface area contributed by atoms with Crippen molar-refractivity contribution in [1.82, 2.24) is 7.06 Å². The van der Waals surface area contributed by atoms with Crippen molar-refractivity contribution in [3.8, 4) is 0 Å². The molecule has 0 radical (unpaired) electrons. The van der Waals surface area contributed by atoms with E-state index in [-0.39, 0.29) is 29.0 Å². The van der Waals surface area contributed by atoms with Crippen LogP contribution in [0, 0.1) is 11.8 Å². The molecule has 0 aromatic carbocycles. The van der Waals surface area contributed by atoms with Crippen molar-refractivity contribution in [3.05, 3.63) is 0 Å². The molecule has 13 heteroatoms. The van der Waals surface area contributed by atoms with Gasteiger partial charge in [0.25, 0.3) is 0 Å². The summed E-state index contributed by atoms with van der Waals surface area (Å²) < 4.78 is 88.1. The van der Waals surface area contributed by atoms with Gasteiger partial charge in [-0.05, 0) is 0 Å². The monoisotopic (exact) mass is 644 g/mol. The first-order valence-electron chi connectivity index (χ1n) is 8.61. The number of rotatable bonds is 6. The molecule has 2 saturated heterocycles. The molecule has 28 heavy (non-hydrogen) atoms. The van der Waals surface area contributed by atoms with Crippen LogP contribution in [0.2, 0.25) is 0 Å². The third-order valence-electron chi connectivity index (χ3n) is 5.56. The number of ether oxygens (including phenoxy) is 1. The van der Waals surface area contributed by atoms with E-state index in [1.165, 1.54) is 0 Å². The van der Waals surface area contributed by atoms with Crippen molar-refractivity contribution in [3.63, 3.8) is 0 Å². The molecule has 0 aromatic rings. The van der Waals surface area contributed by atoms with Crippen LogP contribution in [0.5, 0.6) is 0 Å². The molecular weight excluding hydrogens is 624 g/mol. The molecule has 5 nitrogen and oxygen atoms in total. The fourth-order valence-corrected chi connectivity index (χ4v) is 11.4. The Morgan fingerprint density at radius 2 is 1.68 bits per heavy atom. The van der Waals surface area contributed by atoms with Crippen LogP contribution in [-0.2, 0) is 9.53 Å². The van der Waals surface area contributed by atoms with Gasteiger partial charge in [0.05, 0.1) is 0 Å². The molecule has 0 amide bonds. The van der Waals surface area contributed by atoms with Crippen LogP contribution in [0.15, 0.2) is 0 Å². The number of esters is 1. The molecule has 0 spiro atoms. The Bertz CT molecular complexity index is 622. The Labute approximate surface area is 178 Å². The zero-order valence-electron chi connectivity index (χ0n) is 14.7. The summed E-state index contributed by atoms with van der Waals surface area (Å²) >= 11 is 0.623. The average Bonchev–Trinajstić information content (AvgIpc) is 3.40. The second-order valence-electron chi connectivity index (χ2n) is 7.69. The van der Waals surface area contributed by atoms with Crippen LogP contribution >= 0.6 is 43.0 Å². The molecule has 3 aliphatic rings. The van der Waals surface area contributed by atoms with Crippen LogP contribution in [-0.4, -0.2) is 42.7 Å². The number of hydrogen-bond acceptors (Lipinski definition) is 5. The number of carbonyl (C=O) groups excluding carboxylic acids is 1. The van der Waals surface area contributed by atoms with E-state index < -0.39 is 60.1 Å². The van der Waals surface area contributed by atoms with Crippen LogP contribution in [0.25, 0.3) is 0 Å². The van der Waals surface area contributed by atoms with Gasteiger partial charge in [0.1, 0.15) is 0 Å². The molecule has 2 heterocycles. The predicted molar refractivity (Wildman–Crippen MR) is 104 cm³/mol. The SMILES string of the molecule is CC(I)(C(=O)OCC1CCCC(CC(O)(C(F)(F)F)C(F)(F)F)C1)C12NI1N2. The van der Waals surface area contributed by atoms with Gasteiger partial charge in [-0.25, -0.2) is 0 Å². The number of aliphatic hydroxyl groups is 1. The van der Waals surface area contributed by atoms with Gasteiger partial charge < -0.3 is 0 Å². The fourth-order valence-electron chi connectivity index (χ4n) is 3.60. The van der Waals surface area contributed by atoms with E-state index in [1.807, 2.05) is 22.6 Å². The van der Waals surface area contributed by atoms with Gasteiger partial charge in [-0.3, -0.25) is 0 Å². The quantitative estimate of drug-likeness (QED) is 0.0776. The summed E-state index contributed by atoms with van der Waals surface area (Å²) in [5, 5.41) is 9.40. The van der Waals surface area contributed by atoms with Crippen molar-refractivity contribution >= 4 is 48.9 Å². The van der Waals surface area contributed by atoms with Gasteiger partial charge in [0.15, 0.2) is 0 Å². The van der Waals surface area contributed by atoms with E-state index >= 15 is 0 Å². The number of alkyl halides is 8. The minimum absolute atomic E-state index is 0.0415. The molecule has 3 atom stereocenters. The van der Waals surface area contributed by atoms with Crippen LogP contribution < -0.4 is 7.06 Å². The molecule has 164 valence electrons. The zero-order chi connectivity index (χ0) is 21.2. The average molecular weight is 644 g/mol. The van der Waals surface area contributed by atoms with Gasteiger partial charge in [-0.15, -0.1) is 0 Å². The van der Waals surface area contributed by atoms with Crippen molar-refractivity contribution in [2.45, 2.75) is 64.1 Å². The molecule has 0 bridgehead atoms. The second-order valence-corrected chi connectivity index (χ2v) is 14.2. The van der Waals surface area contributed by atoms with Gasteiger partial charge in [-0.1, -0.05) is 0 Å². The first kappa shape index (κ1) is 23.1. The molecule has 1 aliphatic carbocycles. The summed E-state index contributed by atoms with van der Waals surface area (Å²) in [5.74, 6) is -1.73. The van der Waals surface area contributed by atoms with E-state index in [2.05, 4.69) is 7.06 Å². The van der Waals surface area contributed by atoms with Crippen molar-refractivity contribution in [2.24, 2.45) is 11.8 Å². The third kappa shape index (κ3) is 3.98. The summed E-state index contributed by atoms with van der Waals surface area (Å²) in [4.78, 5) is 12.4. The van der Waals surface area contributed by atoms with E-state index in [0.29, 0.717) is 12.8 Å². The molecular formula is C15H20F6I2N2O3. The normalized spacial score (nSPS) is 30.2. The second kappa shape index (κ2) is 7.22. The number of nitrogens with one attached hydrogen (secondary N) is 2. The molecule has 3 unspecified atom stereocenters. The van der Waals surface area contributed by atoms with Crippen LogP contribution in [0.4, 0.5) is 26.3 Å². The van der Waals surface area contributed by atoms with E-state index in [0.717, 1.165) is 0 Å². The number of hydrogen-bond donors (Lipinski definition) is 3. The first-order valence-corrected chi connectivity index (χ1v) is 12.9. The van der Waals surface area contributed by atoms with Crippen molar-refractivity contribution < 1.29 is 41.0 Å². The van der Waals surface area contributed by atoms with Crippen LogP contribution in [0.3, 0.4) is 0 Å². The molecule has 3 rings (SSSR count). The number of fused-ring (bicyclic) bond motifs is 1. The zero-order valence-corrected chi connectivity index (χ0v) is 19.0. The topological polar surface area (TPSA) is 90.4 Å². The Balaban J connectivity index is 1.56. The number of carbonyl (C=O) groups is 1. The molecule has 0 aromatic heterocycles. The summed E-state index contributed by atoms with van der Waals surface area (Å²) in [5.41, 5.74) is -4.72. The van der Waals surface area contributed by atoms with E-state index in [4.69, 9.17) is 4.74 Å². The predicted octanol–water partition coefficient (Wildman–Crippen LogP) is 3.97. The van der Waals surface area contributed by atoms with Gasteiger partial charge in [0, 0.05) is 0 Å². The molecule has 3 N–H and O–H groups in total. The Hall–Kier alpha value is 0.390. The Morgan fingerprint density at radius 1 is 1.18 bits per heavy atom. The van der Waals surface area contributed by atoms with Crippen molar-refractivity contribution in [2.75, 3.05) is 6.61 Å². The maximum atomic E-state index is 12.9. The Morgan fingerprint density at radius 3 is 2.14 bits per heavy atom. The van der Waals surface area contributed by atoms with Gasteiger partial charge in [0.2, 0.25) is 0 Å². The summed E-state index contributed by atoms with van der Waals surface area (Å²) in [6.45, 7) is 1.69. The van der Waals surface area contributed by atoms with Crippen molar-refractivity contribution in [1.29, 1.82) is 0 Å². The summed E-state index contributed by atoms with van der Waals surface area (Å²) in [6.07, 6.45) is -11.9. The Kier molecular flexibility index (Phi) is 5.95. The minimum atomic E-state index is -5.80. The standard InChI is InChI=1S/C15H20F6I2N2O3/c1-11(22,15-23(24-15)25-15)10(26)28-7-9-4-2-3-8(5-9)6-12(27,13(16,17)18)14(19,20)21/h8-9,24-25,27H,2-7H2,1H3. The van der Waals surface area contributed by atoms with Gasteiger partial charge in [-0.2, -0.15) is 0 Å². The van der Waals surface area contributed by atoms with E-state index in [9.17, 15) is 36.2 Å². The maximum absolute atomic E-state index is 12.9. The molecule has 1 saturated carbocycles. The van der Waals surface area contributed by atoms with Gasteiger partial charge >= 0.3 is 179 Å². The van der Waals surface area contributed by atoms with Crippen LogP contribution in [0.1, 0.15) is 39.0 Å². The third-order valence-corrected chi connectivity index (χ3v) is 12.7. The summed E-state index contributed by atoms with van der Waals surface area (Å²) in [7, 11) is 0. The first-order chi connectivity index (χ1) is 12.6. The summed E-state index contributed by atoms with van der Waals surface area (Å²) in [6, 6.07) is 0. The van der Waals surface area contributed by atoms with E-state index in [1.54, 1.807) is 6.92 Å². The molecule has 2 aliphatic heterocycles.